The summed E-state index contributed by atoms with van der Waals surface area (Å²) in [6.45, 7) is 2.04. The number of ether oxygens (including phenoxy) is 1. The van der Waals surface area contributed by atoms with Crippen molar-refractivity contribution in [2.24, 2.45) is 0 Å². The zero-order valence-electron chi connectivity index (χ0n) is 10.2. The Kier molecular flexibility index (Phi) is 4.30. The number of rotatable bonds is 4. The van der Waals surface area contributed by atoms with E-state index in [9.17, 15) is 4.79 Å². The van der Waals surface area contributed by atoms with Gasteiger partial charge in [0.25, 0.3) is 0 Å². The van der Waals surface area contributed by atoms with Gasteiger partial charge in [-0.3, -0.25) is 0 Å². The van der Waals surface area contributed by atoms with Gasteiger partial charge in [-0.2, -0.15) is 0 Å². The molecule has 0 aliphatic carbocycles. The Morgan fingerprint density at radius 2 is 2.05 bits per heavy atom. The highest BCUT2D eigenvalue weighted by atomic mass is 32.2. The SMILES string of the molecule is CCOC(=O)c1ccnc(Sc2ncccn2)c1N. The van der Waals surface area contributed by atoms with Gasteiger partial charge in [-0.05, 0) is 30.8 Å². The summed E-state index contributed by atoms with van der Waals surface area (Å²) in [5, 5.41) is 1.000. The maximum atomic E-state index is 11.7. The normalized spacial score (nSPS) is 10.2. The van der Waals surface area contributed by atoms with E-state index in [4.69, 9.17) is 10.5 Å². The molecular formula is C12H12N4O2S. The zero-order chi connectivity index (χ0) is 13.7. The topological polar surface area (TPSA) is 91.0 Å². The number of carbonyl (C=O) groups is 1. The second-order valence-electron chi connectivity index (χ2n) is 3.43. The number of esters is 1. The van der Waals surface area contributed by atoms with Gasteiger partial charge in [0, 0.05) is 18.6 Å². The molecule has 0 aromatic carbocycles. The van der Waals surface area contributed by atoms with Gasteiger partial charge in [-0.15, -0.1) is 0 Å². The first-order valence-electron chi connectivity index (χ1n) is 5.59. The number of nitrogens with zero attached hydrogens (tertiary/aromatic N) is 3. The van der Waals surface area contributed by atoms with Crippen molar-refractivity contribution in [3.8, 4) is 0 Å². The molecule has 0 radical (unpaired) electrons. The van der Waals surface area contributed by atoms with Gasteiger partial charge in [0.1, 0.15) is 5.03 Å². The highest BCUT2D eigenvalue weighted by Gasteiger charge is 2.15. The highest BCUT2D eigenvalue weighted by Crippen LogP contribution is 2.29. The molecule has 98 valence electrons. The predicted molar refractivity (Wildman–Crippen MR) is 70.8 cm³/mol. The van der Waals surface area contributed by atoms with Crippen LogP contribution in [0.5, 0.6) is 0 Å². The largest absolute Gasteiger partial charge is 0.462 e. The van der Waals surface area contributed by atoms with Crippen LogP contribution in [0.1, 0.15) is 17.3 Å². The standard InChI is InChI=1S/C12H12N4O2S/c1-2-18-11(17)8-4-7-14-10(9(8)13)19-12-15-5-3-6-16-12/h3-7H,2,13H2,1H3. The predicted octanol–water partition coefficient (Wildman–Crippen LogP) is 1.78. The number of hydrogen-bond acceptors (Lipinski definition) is 7. The van der Waals surface area contributed by atoms with Crippen molar-refractivity contribution >= 4 is 23.4 Å². The minimum atomic E-state index is -0.460. The Hall–Kier alpha value is -2.15. The lowest BCUT2D eigenvalue weighted by atomic mass is 10.2. The molecule has 0 saturated carbocycles. The molecule has 7 heteroatoms. The van der Waals surface area contributed by atoms with E-state index in [0.29, 0.717) is 22.4 Å². The first-order chi connectivity index (χ1) is 9.22. The highest BCUT2D eigenvalue weighted by molar-refractivity contribution is 7.99. The van der Waals surface area contributed by atoms with Gasteiger partial charge in [-0.25, -0.2) is 19.7 Å². The molecule has 19 heavy (non-hydrogen) atoms. The van der Waals surface area contributed by atoms with Crippen LogP contribution in [-0.4, -0.2) is 27.5 Å². The molecule has 0 amide bonds. The minimum Gasteiger partial charge on any atom is -0.462 e. The molecule has 0 spiro atoms. The number of nitrogen functional groups attached to an aromatic ring is 1. The van der Waals surface area contributed by atoms with E-state index in [1.165, 1.54) is 24.0 Å². The molecule has 2 aromatic heterocycles. The number of hydrogen-bond donors (Lipinski definition) is 1. The van der Waals surface area contributed by atoms with Crippen molar-refractivity contribution < 1.29 is 9.53 Å². The molecule has 6 nitrogen and oxygen atoms in total. The van der Waals surface area contributed by atoms with Crippen molar-refractivity contribution in [2.75, 3.05) is 12.3 Å². The summed E-state index contributed by atoms with van der Waals surface area (Å²) in [6, 6.07) is 3.25. The Morgan fingerprint density at radius 3 is 2.74 bits per heavy atom. The van der Waals surface area contributed by atoms with Crippen LogP contribution < -0.4 is 5.73 Å². The summed E-state index contributed by atoms with van der Waals surface area (Å²) in [5.74, 6) is -0.460. The van der Waals surface area contributed by atoms with Crippen LogP contribution in [0.15, 0.2) is 40.9 Å². The van der Waals surface area contributed by atoms with Crippen molar-refractivity contribution in [1.82, 2.24) is 15.0 Å². The van der Waals surface area contributed by atoms with Crippen LogP contribution in [0, 0.1) is 0 Å². The van der Waals surface area contributed by atoms with E-state index < -0.39 is 5.97 Å². The maximum absolute atomic E-state index is 11.7. The minimum absolute atomic E-state index is 0.276. The lowest BCUT2D eigenvalue weighted by Gasteiger charge is -2.08. The van der Waals surface area contributed by atoms with Gasteiger partial charge in [0.05, 0.1) is 17.9 Å². The van der Waals surface area contributed by atoms with Gasteiger partial charge in [-0.1, -0.05) is 0 Å². The summed E-state index contributed by atoms with van der Waals surface area (Å²) in [7, 11) is 0. The number of nitrogens with two attached hydrogens (primary N) is 1. The number of pyridine rings is 1. The lowest BCUT2D eigenvalue weighted by molar-refractivity contribution is 0.0527. The average molecular weight is 276 g/mol. The Morgan fingerprint density at radius 1 is 1.32 bits per heavy atom. The van der Waals surface area contributed by atoms with Crippen LogP contribution >= 0.6 is 11.8 Å². The average Bonchev–Trinajstić information content (AvgIpc) is 2.42. The Bertz CT molecular complexity index is 577. The molecule has 2 N–H and O–H groups in total. The van der Waals surface area contributed by atoms with Crippen LogP contribution in [-0.2, 0) is 4.74 Å². The number of anilines is 1. The smallest absolute Gasteiger partial charge is 0.340 e. The summed E-state index contributed by atoms with van der Waals surface area (Å²) < 4.78 is 4.93. The molecule has 2 aromatic rings. The van der Waals surface area contributed by atoms with Gasteiger partial charge in [0.15, 0.2) is 5.16 Å². The maximum Gasteiger partial charge on any atom is 0.340 e. The third kappa shape index (κ3) is 3.19. The van der Waals surface area contributed by atoms with Gasteiger partial charge in [0.2, 0.25) is 0 Å². The van der Waals surface area contributed by atoms with E-state index in [0.717, 1.165) is 0 Å². The van der Waals surface area contributed by atoms with Crippen LogP contribution in [0.3, 0.4) is 0 Å². The zero-order valence-corrected chi connectivity index (χ0v) is 11.1. The monoisotopic (exact) mass is 276 g/mol. The molecule has 0 aliphatic rings. The fourth-order valence-electron chi connectivity index (χ4n) is 1.35. The molecule has 0 aliphatic heterocycles. The second kappa shape index (κ2) is 6.14. The van der Waals surface area contributed by atoms with Crippen LogP contribution in [0.4, 0.5) is 5.69 Å². The van der Waals surface area contributed by atoms with E-state index in [1.54, 1.807) is 25.4 Å². The number of carbonyl (C=O) groups excluding carboxylic acids is 1. The van der Waals surface area contributed by atoms with Crippen molar-refractivity contribution in [3.05, 3.63) is 36.3 Å². The quantitative estimate of drug-likeness (QED) is 0.672. The first-order valence-corrected chi connectivity index (χ1v) is 6.40. The molecule has 0 bridgehead atoms. The van der Waals surface area contributed by atoms with Crippen molar-refractivity contribution in [2.45, 2.75) is 17.1 Å². The van der Waals surface area contributed by atoms with Crippen molar-refractivity contribution in [1.29, 1.82) is 0 Å². The van der Waals surface area contributed by atoms with Crippen molar-refractivity contribution in [3.63, 3.8) is 0 Å². The Balaban J connectivity index is 2.27. The molecule has 2 rings (SSSR count). The fraction of sp³-hybridized carbons (Fsp3) is 0.167. The van der Waals surface area contributed by atoms with E-state index in [-0.39, 0.29) is 5.69 Å². The van der Waals surface area contributed by atoms with E-state index >= 15 is 0 Å². The Labute approximate surface area is 114 Å². The summed E-state index contributed by atoms with van der Waals surface area (Å²) in [4.78, 5) is 24.0. The second-order valence-corrected chi connectivity index (χ2v) is 4.39. The molecule has 2 heterocycles. The molecular weight excluding hydrogens is 264 g/mol. The molecule has 0 atom stereocenters. The van der Waals surface area contributed by atoms with Crippen LogP contribution in [0.2, 0.25) is 0 Å². The molecule has 0 unspecified atom stereocenters. The first kappa shape index (κ1) is 13.3. The van der Waals surface area contributed by atoms with Gasteiger partial charge < -0.3 is 10.5 Å². The lowest BCUT2D eigenvalue weighted by Crippen LogP contribution is -2.09. The van der Waals surface area contributed by atoms with Gasteiger partial charge >= 0.3 is 5.97 Å². The summed E-state index contributed by atoms with van der Waals surface area (Å²) in [5.41, 5.74) is 6.50. The fourth-order valence-corrected chi connectivity index (χ4v) is 2.08. The third-order valence-corrected chi connectivity index (χ3v) is 3.09. The summed E-state index contributed by atoms with van der Waals surface area (Å²) in [6.07, 6.45) is 4.76. The molecule has 0 fully saturated rings. The van der Waals surface area contributed by atoms with Crippen LogP contribution in [0.25, 0.3) is 0 Å². The van der Waals surface area contributed by atoms with E-state index in [2.05, 4.69) is 15.0 Å². The summed E-state index contributed by atoms with van der Waals surface area (Å²) >= 11 is 1.20. The third-order valence-electron chi connectivity index (χ3n) is 2.18. The van der Waals surface area contributed by atoms with E-state index in [1.807, 2.05) is 0 Å². The molecule has 0 saturated heterocycles. The number of aromatic nitrogens is 3.